The number of halogens is 2. The summed E-state index contributed by atoms with van der Waals surface area (Å²) in [6, 6.07) is 1.58. The summed E-state index contributed by atoms with van der Waals surface area (Å²) in [5, 5.41) is 7.11. The van der Waals surface area contributed by atoms with E-state index in [2.05, 4.69) is 15.6 Å². The van der Waals surface area contributed by atoms with Gasteiger partial charge in [-0.3, -0.25) is 4.79 Å². The van der Waals surface area contributed by atoms with Crippen LogP contribution in [0.4, 0.5) is 0 Å². The van der Waals surface area contributed by atoms with Gasteiger partial charge in [-0.25, -0.2) is 4.98 Å². The van der Waals surface area contributed by atoms with Crippen LogP contribution in [0.5, 0.6) is 5.88 Å². The highest BCUT2D eigenvalue weighted by Gasteiger charge is 2.57. The Morgan fingerprint density at radius 2 is 2.23 bits per heavy atom. The lowest BCUT2D eigenvalue weighted by Crippen LogP contribution is -2.35. The SMILES string of the molecule is O=C(NCCOc1ncc(Cl)cc1Cl)C1CC12CCNCC2. The highest BCUT2D eigenvalue weighted by atomic mass is 35.5. The van der Waals surface area contributed by atoms with Gasteiger partial charge in [-0.2, -0.15) is 0 Å². The monoisotopic (exact) mass is 343 g/mol. The van der Waals surface area contributed by atoms with Crippen LogP contribution >= 0.6 is 23.2 Å². The zero-order valence-electron chi connectivity index (χ0n) is 12.2. The Balaban J connectivity index is 1.39. The smallest absolute Gasteiger partial charge is 0.232 e. The van der Waals surface area contributed by atoms with Crippen molar-refractivity contribution in [2.45, 2.75) is 19.3 Å². The molecule has 5 nitrogen and oxygen atoms in total. The van der Waals surface area contributed by atoms with Crippen LogP contribution in [0, 0.1) is 11.3 Å². The molecular weight excluding hydrogens is 325 g/mol. The molecule has 1 spiro atoms. The van der Waals surface area contributed by atoms with Crippen molar-refractivity contribution in [3.63, 3.8) is 0 Å². The predicted octanol–water partition coefficient (Wildman–Crippen LogP) is 2.27. The van der Waals surface area contributed by atoms with Crippen molar-refractivity contribution in [2.24, 2.45) is 11.3 Å². The lowest BCUT2D eigenvalue weighted by Gasteiger charge is -2.23. The topological polar surface area (TPSA) is 63.2 Å². The van der Waals surface area contributed by atoms with Gasteiger partial charge in [-0.05, 0) is 43.8 Å². The Bertz CT molecular complexity index is 562. The molecule has 0 aromatic carbocycles. The minimum atomic E-state index is 0.140. The number of hydrogen-bond acceptors (Lipinski definition) is 4. The van der Waals surface area contributed by atoms with Gasteiger partial charge in [0.1, 0.15) is 11.6 Å². The van der Waals surface area contributed by atoms with E-state index in [1.54, 1.807) is 6.07 Å². The van der Waals surface area contributed by atoms with E-state index >= 15 is 0 Å². The van der Waals surface area contributed by atoms with Gasteiger partial charge in [-0.15, -0.1) is 0 Å². The van der Waals surface area contributed by atoms with Crippen LogP contribution in [-0.2, 0) is 4.79 Å². The summed E-state index contributed by atoms with van der Waals surface area (Å²) in [5.41, 5.74) is 0.261. The molecule has 120 valence electrons. The summed E-state index contributed by atoms with van der Waals surface area (Å²) >= 11 is 11.7. The Hall–Kier alpha value is -1.04. The van der Waals surface area contributed by atoms with Crippen LogP contribution in [0.3, 0.4) is 0 Å². The minimum Gasteiger partial charge on any atom is -0.475 e. The largest absolute Gasteiger partial charge is 0.475 e. The van der Waals surface area contributed by atoms with Gasteiger partial charge in [0, 0.05) is 12.1 Å². The standard InChI is InChI=1S/C15H19Cl2N3O2/c16-10-7-12(17)14(20-9-10)22-6-5-19-13(21)11-8-15(11)1-3-18-4-2-15/h7,9,11,18H,1-6,8H2,(H,19,21). The first-order chi connectivity index (χ1) is 10.6. The third-order valence-electron chi connectivity index (χ3n) is 4.52. The first-order valence-corrected chi connectivity index (χ1v) is 8.29. The summed E-state index contributed by atoms with van der Waals surface area (Å²) in [5.74, 6) is 0.647. The lowest BCUT2D eigenvalue weighted by molar-refractivity contribution is -0.123. The Morgan fingerprint density at radius 3 is 2.95 bits per heavy atom. The number of pyridine rings is 1. The number of rotatable bonds is 5. The van der Waals surface area contributed by atoms with Crippen LogP contribution < -0.4 is 15.4 Å². The van der Waals surface area contributed by atoms with Crippen LogP contribution in [0.2, 0.25) is 10.0 Å². The molecule has 2 heterocycles. The van der Waals surface area contributed by atoms with Gasteiger partial charge < -0.3 is 15.4 Å². The molecule has 1 atom stereocenters. The number of nitrogens with one attached hydrogen (secondary N) is 2. The highest BCUT2D eigenvalue weighted by molar-refractivity contribution is 6.35. The summed E-state index contributed by atoms with van der Waals surface area (Å²) in [4.78, 5) is 16.2. The van der Waals surface area contributed by atoms with Gasteiger partial charge in [0.15, 0.2) is 0 Å². The Kier molecular flexibility index (Phi) is 4.76. The number of carbonyl (C=O) groups excluding carboxylic acids is 1. The summed E-state index contributed by atoms with van der Waals surface area (Å²) in [6.45, 7) is 2.83. The first kappa shape index (κ1) is 15.8. The van der Waals surface area contributed by atoms with E-state index in [-0.39, 0.29) is 17.2 Å². The van der Waals surface area contributed by atoms with E-state index in [9.17, 15) is 4.79 Å². The van der Waals surface area contributed by atoms with E-state index in [0.29, 0.717) is 29.1 Å². The van der Waals surface area contributed by atoms with Gasteiger partial charge in [0.2, 0.25) is 11.8 Å². The van der Waals surface area contributed by atoms with Crippen LogP contribution in [-0.4, -0.2) is 37.1 Å². The zero-order valence-corrected chi connectivity index (χ0v) is 13.7. The third-order valence-corrected chi connectivity index (χ3v) is 5.00. The van der Waals surface area contributed by atoms with Crippen molar-refractivity contribution in [3.8, 4) is 5.88 Å². The molecule has 2 fully saturated rings. The number of carbonyl (C=O) groups is 1. The van der Waals surface area contributed by atoms with Gasteiger partial charge in [0.25, 0.3) is 0 Å². The van der Waals surface area contributed by atoms with Crippen molar-refractivity contribution in [1.29, 1.82) is 0 Å². The highest BCUT2D eigenvalue weighted by Crippen LogP contribution is 2.58. The fourth-order valence-corrected chi connectivity index (χ4v) is 3.58. The molecule has 1 aliphatic heterocycles. The predicted molar refractivity (Wildman–Crippen MR) is 85.4 cm³/mol. The molecule has 0 radical (unpaired) electrons. The number of amides is 1. The van der Waals surface area contributed by atoms with E-state index in [1.807, 2.05) is 0 Å². The molecule has 0 bridgehead atoms. The summed E-state index contributed by atoms with van der Waals surface area (Å²) in [6.07, 6.45) is 4.70. The molecule has 22 heavy (non-hydrogen) atoms. The number of piperidine rings is 1. The average molecular weight is 344 g/mol. The van der Waals surface area contributed by atoms with Gasteiger partial charge in [-0.1, -0.05) is 23.2 Å². The maximum atomic E-state index is 12.2. The van der Waals surface area contributed by atoms with Gasteiger partial charge >= 0.3 is 0 Å². The number of nitrogens with zero attached hydrogens (tertiary/aromatic N) is 1. The molecular formula is C15H19Cl2N3O2. The zero-order chi connectivity index (χ0) is 15.6. The average Bonchev–Trinajstić information content (AvgIpc) is 3.19. The lowest BCUT2D eigenvalue weighted by atomic mass is 9.92. The maximum absolute atomic E-state index is 12.2. The van der Waals surface area contributed by atoms with E-state index in [0.717, 1.165) is 32.4 Å². The third kappa shape index (κ3) is 3.47. The van der Waals surface area contributed by atoms with E-state index in [1.165, 1.54) is 6.20 Å². The fourth-order valence-electron chi connectivity index (χ4n) is 3.15. The van der Waals surface area contributed by atoms with Crippen LogP contribution in [0.1, 0.15) is 19.3 Å². The number of hydrogen-bond donors (Lipinski definition) is 2. The van der Waals surface area contributed by atoms with Crippen LogP contribution in [0.25, 0.3) is 0 Å². The number of aromatic nitrogens is 1. The Labute approximate surface area is 139 Å². The summed E-state index contributed by atoms with van der Waals surface area (Å²) in [7, 11) is 0. The minimum absolute atomic E-state index is 0.140. The molecule has 1 unspecified atom stereocenters. The molecule has 2 aliphatic rings. The first-order valence-electron chi connectivity index (χ1n) is 7.53. The van der Waals surface area contributed by atoms with Crippen molar-refractivity contribution in [1.82, 2.24) is 15.6 Å². The second-order valence-electron chi connectivity index (χ2n) is 5.95. The van der Waals surface area contributed by atoms with Crippen molar-refractivity contribution in [3.05, 3.63) is 22.3 Å². The number of ether oxygens (including phenoxy) is 1. The molecule has 2 N–H and O–H groups in total. The maximum Gasteiger partial charge on any atom is 0.232 e. The van der Waals surface area contributed by atoms with E-state index < -0.39 is 0 Å². The molecule has 1 aliphatic carbocycles. The second-order valence-corrected chi connectivity index (χ2v) is 6.79. The second kappa shape index (κ2) is 6.60. The molecule has 1 saturated heterocycles. The molecule has 1 amide bonds. The normalized spacial score (nSPS) is 22.4. The van der Waals surface area contributed by atoms with E-state index in [4.69, 9.17) is 27.9 Å². The Morgan fingerprint density at radius 1 is 1.45 bits per heavy atom. The molecule has 1 aromatic heterocycles. The van der Waals surface area contributed by atoms with Crippen molar-refractivity contribution >= 4 is 29.1 Å². The quantitative estimate of drug-likeness (QED) is 0.805. The summed E-state index contributed by atoms with van der Waals surface area (Å²) < 4.78 is 5.45. The fraction of sp³-hybridized carbons (Fsp3) is 0.600. The van der Waals surface area contributed by atoms with Gasteiger partial charge in [0.05, 0.1) is 11.6 Å². The van der Waals surface area contributed by atoms with Crippen molar-refractivity contribution in [2.75, 3.05) is 26.2 Å². The molecule has 3 rings (SSSR count). The van der Waals surface area contributed by atoms with Crippen LogP contribution in [0.15, 0.2) is 12.3 Å². The molecule has 7 heteroatoms. The molecule has 1 aromatic rings. The van der Waals surface area contributed by atoms with Crippen molar-refractivity contribution < 1.29 is 9.53 Å². The molecule has 1 saturated carbocycles.